The maximum absolute atomic E-state index is 12.2. The molecular formula is C22H28F3IN4O2. The molecule has 32 heavy (non-hydrogen) atoms. The third kappa shape index (κ3) is 10.8. The number of ether oxygens (including phenoxy) is 1. The van der Waals surface area contributed by atoms with Gasteiger partial charge in [-0.1, -0.05) is 43.3 Å². The van der Waals surface area contributed by atoms with Crippen molar-refractivity contribution in [1.29, 1.82) is 0 Å². The van der Waals surface area contributed by atoms with E-state index in [9.17, 15) is 18.0 Å². The van der Waals surface area contributed by atoms with Crippen LogP contribution in [0.4, 0.5) is 18.9 Å². The smallest absolute Gasteiger partial charge is 0.367 e. The van der Waals surface area contributed by atoms with E-state index in [1.165, 1.54) is 0 Å². The van der Waals surface area contributed by atoms with E-state index >= 15 is 0 Å². The SMILES string of the molecule is CCc1cccc(NC(=O)CNC(=NC)NCc2ccc(COCC(F)(F)F)cc2)c1.I. The molecule has 10 heteroatoms. The molecular weight excluding hydrogens is 536 g/mol. The Morgan fingerprint density at radius 2 is 1.72 bits per heavy atom. The van der Waals surface area contributed by atoms with Crippen molar-refractivity contribution in [3.63, 3.8) is 0 Å². The Bertz CT molecular complexity index is 874. The summed E-state index contributed by atoms with van der Waals surface area (Å²) in [6.07, 6.45) is -3.44. The van der Waals surface area contributed by atoms with Crippen molar-refractivity contribution in [2.24, 2.45) is 4.99 Å². The molecule has 0 saturated carbocycles. The van der Waals surface area contributed by atoms with Crippen molar-refractivity contribution in [3.05, 3.63) is 65.2 Å². The number of alkyl halides is 3. The van der Waals surface area contributed by atoms with E-state index in [-0.39, 0.29) is 43.0 Å². The second-order valence-corrected chi connectivity index (χ2v) is 6.81. The van der Waals surface area contributed by atoms with Crippen LogP contribution in [0.25, 0.3) is 0 Å². The number of rotatable bonds is 9. The Morgan fingerprint density at radius 3 is 2.34 bits per heavy atom. The molecule has 2 aromatic carbocycles. The molecule has 0 aliphatic heterocycles. The van der Waals surface area contributed by atoms with Gasteiger partial charge >= 0.3 is 6.18 Å². The fraction of sp³-hybridized carbons (Fsp3) is 0.364. The van der Waals surface area contributed by atoms with Crippen molar-refractivity contribution in [3.8, 4) is 0 Å². The molecule has 0 spiro atoms. The highest BCUT2D eigenvalue weighted by Crippen LogP contribution is 2.16. The third-order valence-corrected chi connectivity index (χ3v) is 4.28. The number of aryl methyl sites for hydroxylation is 1. The Labute approximate surface area is 203 Å². The fourth-order valence-corrected chi connectivity index (χ4v) is 2.68. The van der Waals surface area contributed by atoms with Crippen molar-refractivity contribution in [2.75, 3.05) is 25.5 Å². The number of carbonyl (C=O) groups is 1. The minimum Gasteiger partial charge on any atom is -0.367 e. The summed E-state index contributed by atoms with van der Waals surface area (Å²) in [5.41, 5.74) is 3.44. The van der Waals surface area contributed by atoms with Crippen molar-refractivity contribution in [2.45, 2.75) is 32.7 Å². The molecule has 0 saturated heterocycles. The zero-order chi connectivity index (χ0) is 22.7. The third-order valence-electron chi connectivity index (χ3n) is 4.28. The molecule has 0 atom stereocenters. The van der Waals surface area contributed by atoms with Gasteiger partial charge in [-0.2, -0.15) is 13.2 Å². The van der Waals surface area contributed by atoms with Gasteiger partial charge in [0.2, 0.25) is 5.91 Å². The zero-order valence-corrected chi connectivity index (χ0v) is 20.3. The molecule has 6 nitrogen and oxygen atoms in total. The highest BCUT2D eigenvalue weighted by molar-refractivity contribution is 14.0. The highest BCUT2D eigenvalue weighted by atomic mass is 127. The minimum atomic E-state index is -4.33. The lowest BCUT2D eigenvalue weighted by molar-refractivity contribution is -0.176. The van der Waals surface area contributed by atoms with E-state index in [4.69, 9.17) is 0 Å². The summed E-state index contributed by atoms with van der Waals surface area (Å²) in [5.74, 6) is 0.259. The first kappa shape index (κ1) is 27.7. The molecule has 1 amide bonds. The molecule has 0 radical (unpaired) electrons. The van der Waals surface area contributed by atoms with Crippen LogP contribution < -0.4 is 16.0 Å². The summed E-state index contributed by atoms with van der Waals surface area (Å²) in [6, 6.07) is 14.7. The van der Waals surface area contributed by atoms with E-state index in [2.05, 4.69) is 25.7 Å². The van der Waals surface area contributed by atoms with Gasteiger partial charge in [-0.05, 0) is 35.2 Å². The number of aliphatic imine (C=N–C) groups is 1. The van der Waals surface area contributed by atoms with Gasteiger partial charge < -0.3 is 20.7 Å². The summed E-state index contributed by atoms with van der Waals surface area (Å²) in [4.78, 5) is 16.2. The molecule has 0 aliphatic carbocycles. The standard InChI is InChI=1S/C22H27F3N4O2.HI/c1-3-16-5-4-6-19(11-16)29-20(30)13-28-21(26-2)27-12-17-7-9-18(10-8-17)14-31-15-22(23,24)25;/h4-11H,3,12-15H2,1-2H3,(H,29,30)(H2,26,27,28);1H. The van der Waals surface area contributed by atoms with Crippen molar-refractivity contribution < 1.29 is 22.7 Å². The topological polar surface area (TPSA) is 74.8 Å². The van der Waals surface area contributed by atoms with Gasteiger partial charge in [0.25, 0.3) is 0 Å². The van der Waals surface area contributed by atoms with Gasteiger partial charge in [0.1, 0.15) is 6.61 Å². The normalized spacial score (nSPS) is 11.5. The highest BCUT2D eigenvalue weighted by Gasteiger charge is 2.27. The second kappa shape index (κ2) is 13.9. The first-order valence-electron chi connectivity index (χ1n) is 9.84. The summed E-state index contributed by atoms with van der Waals surface area (Å²) in [6.45, 7) is 1.16. The zero-order valence-electron chi connectivity index (χ0n) is 18.0. The molecule has 2 rings (SSSR count). The number of hydrogen-bond acceptors (Lipinski definition) is 3. The molecule has 0 heterocycles. The average Bonchev–Trinajstić information content (AvgIpc) is 2.74. The van der Waals surface area contributed by atoms with Crippen LogP contribution in [0.2, 0.25) is 0 Å². The number of hydrogen-bond donors (Lipinski definition) is 3. The lowest BCUT2D eigenvalue weighted by atomic mass is 10.1. The van der Waals surface area contributed by atoms with Crippen molar-refractivity contribution >= 4 is 41.5 Å². The maximum Gasteiger partial charge on any atom is 0.411 e. The molecule has 0 fully saturated rings. The van der Waals surface area contributed by atoms with E-state index in [1.807, 2.05) is 31.2 Å². The molecule has 0 aromatic heterocycles. The van der Waals surface area contributed by atoms with Crippen LogP contribution in [-0.2, 0) is 29.1 Å². The summed E-state index contributed by atoms with van der Waals surface area (Å²) < 4.78 is 41.0. The van der Waals surface area contributed by atoms with Gasteiger partial charge in [0, 0.05) is 19.3 Å². The Kier molecular flexibility index (Phi) is 12.1. The van der Waals surface area contributed by atoms with Crippen LogP contribution in [0.15, 0.2) is 53.5 Å². The fourth-order valence-electron chi connectivity index (χ4n) is 2.68. The van der Waals surface area contributed by atoms with Crippen LogP contribution >= 0.6 is 24.0 Å². The van der Waals surface area contributed by atoms with Gasteiger partial charge in [0.05, 0.1) is 13.2 Å². The monoisotopic (exact) mass is 564 g/mol. The largest absolute Gasteiger partial charge is 0.411 e. The van der Waals surface area contributed by atoms with Gasteiger partial charge in [0.15, 0.2) is 5.96 Å². The van der Waals surface area contributed by atoms with Crippen LogP contribution in [0.3, 0.4) is 0 Å². The second-order valence-electron chi connectivity index (χ2n) is 6.81. The number of guanidine groups is 1. The molecule has 2 aromatic rings. The summed E-state index contributed by atoms with van der Waals surface area (Å²) in [5, 5.41) is 8.86. The average molecular weight is 564 g/mol. The number of halogens is 4. The van der Waals surface area contributed by atoms with Crippen LogP contribution in [0.5, 0.6) is 0 Å². The Balaban J connectivity index is 0.00000512. The lowest BCUT2D eigenvalue weighted by Crippen LogP contribution is -2.41. The van der Waals surface area contributed by atoms with Crippen molar-refractivity contribution in [1.82, 2.24) is 10.6 Å². The summed E-state index contributed by atoms with van der Waals surface area (Å²) in [7, 11) is 1.60. The maximum atomic E-state index is 12.2. The van der Waals surface area contributed by atoms with E-state index < -0.39 is 12.8 Å². The molecule has 0 unspecified atom stereocenters. The van der Waals surface area contributed by atoms with Crippen LogP contribution in [-0.4, -0.2) is 38.2 Å². The number of nitrogens with one attached hydrogen (secondary N) is 3. The van der Waals surface area contributed by atoms with Crippen LogP contribution in [0.1, 0.15) is 23.6 Å². The number of carbonyl (C=O) groups excluding carboxylic acids is 1. The predicted octanol–water partition coefficient (Wildman–Crippen LogP) is 4.25. The molecule has 176 valence electrons. The number of amides is 1. The molecule has 3 N–H and O–H groups in total. The first-order valence-corrected chi connectivity index (χ1v) is 9.84. The van der Waals surface area contributed by atoms with Crippen LogP contribution in [0, 0.1) is 0 Å². The Morgan fingerprint density at radius 1 is 1.03 bits per heavy atom. The first-order chi connectivity index (χ1) is 14.8. The lowest BCUT2D eigenvalue weighted by Gasteiger charge is -2.13. The number of benzene rings is 2. The Hall–Kier alpha value is -2.34. The van der Waals surface area contributed by atoms with E-state index in [0.29, 0.717) is 18.1 Å². The van der Waals surface area contributed by atoms with E-state index in [0.717, 1.165) is 23.2 Å². The molecule has 0 bridgehead atoms. The summed E-state index contributed by atoms with van der Waals surface area (Å²) >= 11 is 0. The van der Waals surface area contributed by atoms with E-state index in [1.54, 1.807) is 31.3 Å². The number of anilines is 1. The van der Waals surface area contributed by atoms with Gasteiger partial charge in [-0.25, -0.2) is 0 Å². The number of nitrogens with zero attached hydrogens (tertiary/aromatic N) is 1. The van der Waals surface area contributed by atoms with Gasteiger partial charge in [-0.3, -0.25) is 9.79 Å². The quantitative estimate of drug-likeness (QED) is 0.242. The van der Waals surface area contributed by atoms with Gasteiger partial charge in [-0.15, -0.1) is 24.0 Å². The minimum absolute atomic E-state index is 0. The predicted molar refractivity (Wildman–Crippen MR) is 130 cm³/mol. The molecule has 0 aliphatic rings.